The predicted octanol–water partition coefficient (Wildman–Crippen LogP) is 2.54. The number of amides is 1. The van der Waals surface area contributed by atoms with Crippen LogP contribution < -0.4 is 4.74 Å². The van der Waals surface area contributed by atoms with Gasteiger partial charge in [-0.3, -0.25) is 4.79 Å². The normalized spacial score (nSPS) is 17.0. The molecule has 0 spiro atoms. The highest BCUT2D eigenvalue weighted by Gasteiger charge is 2.25. The van der Waals surface area contributed by atoms with Crippen molar-refractivity contribution in [1.29, 1.82) is 0 Å². The third kappa shape index (κ3) is 2.18. The van der Waals surface area contributed by atoms with Crippen molar-refractivity contribution in [2.45, 2.75) is 19.9 Å². The molecule has 1 aromatic rings. The smallest absolute Gasteiger partial charge is 0.250 e. The zero-order valence-electron chi connectivity index (χ0n) is 10.4. The molecule has 0 unspecified atom stereocenters. The number of carbonyl (C=O) groups is 1. The van der Waals surface area contributed by atoms with Crippen LogP contribution in [-0.2, 0) is 4.79 Å². The van der Waals surface area contributed by atoms with Gasteiger partial charge in [-0.25, -0.2) is 0 Å². The first-order valence-corrected chi connectivity index (χ1v) is 5.75. The zero-order valence-corrected chi connectivity index (χ0v) is 10.4. The lowest BCUT2D eigenvalue weighted by Gasteiger charge is -2.25. The van der Waals surface area contributed by atoms with Gasteiger partial charge in [-0.1, -0.05) is 18.2 Å². The summed E-state index contributed by atoms with van der Waals surface area (Å²) in [6, 6.07) is 7.95. The van der Waals surface area contributed by atoms with Gasteiger partial charge in [-0.15, -0.1) is 0 Å². The SMILES string of the molecule is COc1ccc([C@H](C)N2CC=C(C)C2=O)cc1. The van der Waals surface area contributed by atoms with Gasteiger partial charge in [0.15, 0.2) is 0 Å². The molecule has 3 nitrogen and oxygen atoms in total. The molecule has 2 rings (SSSR count). The van der Waals surface area contributed by atoms with Crippen molar-refractivity contribution in [3.8, 4) is 5.75 Å². The average Bonchev–Trinajstić information content (AvgIpc) is 2.69. The van der Waals surface area contributed by atoms with Gasteiger partial charge in [0.25, 0.3) is 0 Å². The molecule has 0 fully saturated rings. The van der Waals surface area contributed by atoms with E-state index in [1.165, 1.54) is 0 Å². The second-order valence-electron chi connectivity index (χ2n) is 4.29. The number of carbonyl (C=O) groups excluding carboxylic acids is 1. The average molecular weight is 231 g/mol. The van der Waals surface area contributed by atoms with E-state index in [4.69, 9.17) is 4.74 Å². The van der Waals surface area contributed by atoms with E-state index in [9.17, 15) is 4.79 Å². The first kappa shape index (κ1) is 11.7. The molecule has 1 aliphatic heterocycles. The Kier molecular flexibility index (Phi) is 3.18. The third-order valence-electron chi connectivity index (χ3n) is 3.26. The molecule has 0 aromatic heterocycles. The van der Waals surface area contributed by atoms with E-state index in [2.05, 4.69) is 0 Å². The second-order valence-corrected chi connectivity index (χ2v) is 4.29. The highest BCUT2D eigenvalue weighted by atomic mass is 16.5. The fraction of sp³-hybridized carbons (Fsp3) is 0.357. The molecule has 1 aromatic carbocycles. The van der Waals surface area contributed by atoms with Crippen LogP contribution in [0.5, 0.6) is 5.75 Å². The molecule has 1 atom stereocenters. The fourth-order valence-corrected chi connectivity index (χ4v) is 2.03. The van der Waals surface area contributed by atoms with E-state index in [1.54, 1.807) is 7.11 Å². The Morgan fingerprint density at radius 3 is 2.41 bits per heavy atom. The third-order valence-corrected chi connectivity index (χ3v) is 3.26. The van der Waals surface area contributed by atoms with Crippen LogP contribution in [0.3, 0.4) is 0 Å². The predicted molar refractivity (Wildman–Crippen MR) is 66.9 cm³/mol. The van der Waals surface area contributed by atoms with Crippen molar-refractivity contribution in [2.24, 2.45) is 0 Å². The molecule has 3 heteroatoms. The zero-order chi connectivity index (χ0) is 12.4. The van der Waals surface area contributed by atoms with Gasteiger partial charge in [0.1, 0.15) is 5.75 Å². The van der Waals surface area contributed by atoms with Crippen molar-refractivity contribution >= 4 is 5.91 Å². The molecule has 0 radical (unpaired) electrons. The summed E-state index contributed by atoms with van der Waals surface area (Å²) in [5, 5.41) is 0. The molecule has 1 amide bonds. The number of hydrogen-bond acceptors (Lipinski definition) is 2. The van der Waals surface area contributed by atoms with Crippen LogP contribution in [0.1, 0.15) is 25.5 Å². The Balaban J connectivity index is 2.14. The van der Waals surface area contributed by atoms with E-state index in [1.807, 2.05) is 49.1 Å². The lowest BCUT2D eigenvalue weighted by Crippen LogP contribution is -2.29. The standard InChI is InChI=1S/C14H17NO2/c1-10-8-9-15(14(10)16)11(2)12-4-6-13(17-3)7-5-12/h4-8,11H,9H2,1-3H3/t11-/m0/s1. The Labute approximate surface area is 102 Å². The Morgan fingerprint density at radius 2 is 1.94 bits per heavy atom. The molecule has 17 heavy (non-hydrogen) atoms. The number of rotatable bonds is 3. The molecule has 0 saturated carbocycles. The summed E-state index contributed by atoms with van der Waals surface area (Å²) in [6.45, 7) is 4.62. The highest BCUT2D eigenvalue weighted by molar-refractivity contribution is 5.95. The van der Waals surface area contributed by atoms with Crippen molar-refractivity contribution in [3.05, 3.63) is 41.5 Å². The van der Waals surface area contributed by atoms with Gasteiger partial charge in [-0.2, -0.15) is 0 Å². The van der Waals surface area contributed by atoms with Crippen molar-refractivity contribution in [1.82, 2.24) is 4.90 Å². The number of hydrogen-bond donors (Lipinski definition) is 0. The van der Waals surface area contributed by atoms with E-state index in [0.29, 0.717) is 6.54 Å². The largest absolute Gasteiger partial charge is 0.497 e. The molecule has 0 bridgehead atoms. The van der Waals surface area contributed by atoms with Crippen molar-refractivity contribution in [3.63, 3.8) is 0 Å². The molecule has 90 valence electrons. The summed E-state index contributed by atoms with van der Waals surface area (Å²) in [5.74, 6) is 0.969. The quantitative estimate of drug-likeness (QED) is 0.800. The molecule has 0 aliphatic carbocycles. The summed E-state index contributed by atoms with van der Waals surface area (Å²) in [7, 11) is 1.65. The number of benzene rings is 1. The van der Waals surface area contributed by atoms with Crippen molar-refractivity contribution in [2.75, 3.05) is 13.7 Å². The molecule has 1 heterocycles. The van der Waals surface area contributed by atoms with Crippen LogP contribution in [0.4, 0.5) is 0 Å². The van der Waals surface area contributed by atoms with E-state index >= 15 is 0 Å². The van der Waals surface area contributed by atoms with Crippen molar-refractivity contribution < 1.29 is 9.53 Å². The van der Waals surface area contributed by atoms with E-state index < -0.39 is 0 Å². The maximum atomic E-state index is 11.9. The van der Waals surface area contributed by atoms with Crippen LogP contribution in [0.15, 0.2) is 35.9 Å². The van der Waals surface area contributed by atoms with Crippen LogP contribution in [-0.4, -0.2) is 24.5 Å². The monoisotopic (exact) mass is 231 g/mol. The van der Waals surface area contributed by atoms with Crippen LogP contribution in [0.25, 0.3) is 0 Å². The lowest BCUT2D eigenvalue weighted by molar-refractivity contribution is -0.127. The first-order valence-electron chi connectivity index (χ1n) is 5.75. The topological polar surface area (TPSA) is 29.5 Å². The minimum atomic E-state index is 0.0992. The molecular formula is C14H17NO2. The maximum absolute atomic E-state index is 11.9. The Bertz CT molecular complexity index is 448. The second kappa shape index (κ2) is 4.62. The Hall–Kier alpha value is -1.77. The fourth-order valence-electron chi connectivity index (χ4n) is 2.03. The van der Waals surface area contributed by atoms with Gasteiger partial charge in [0.05, 0.1) is 13.2 Å². The van der Waals surface area contributed by atoms with Crippen LogP contribution in [0, 0.1) is 0 Å². The molecular weight excluding hydrogens is 214 g/mol. The number of nitrogens with zero attached hydrogens (tertiary/aromatic N) is 1. The minimum Gasteiger partial charge on any atom is -0.497 e. The summed E-state index contributed by atoms with van der Waals surface area (Å²) in [4.78, 5) is 13.7. The first-order chi connectivity index (χ1) is 8.13. The maximum Gasteiger partial charge on any atom is 0.250 e. The van der Waals surface area contributed by atoms with Gasteiger partial charge in [-0.05, 0) is 31.5 Å². The molecule has 0 saturated heterocycles. The Morgan fingerprint density at radius 1 is 1.29 bits per heavy atom. The lowest BCUT2D eigenvalue weighted by atomic mass is 10.1. The number of ether oxygens (including phenoxy) is 1. The van der Waals surface area contributed by atoms with E-state index in [-0.39, 0.29) is 11.9 Å². The van der Waals surface area contributed by atoms with Crippen LogP contribution >= 0.6 is 0 Å². The summed E-state index contributed by atoms with van der Waals surface area (Å²) < 4.78 is 5.12. The summed E-state index contributed by atoms with van der Waals surface area (Å²) in [5.41, 5.74) is 1.97. The number of methoxy groups -OCH3 is 1. The van der Waals surface area contributed by atoms with Gasteiger partial charge in [0.2, 0.25) is 5.91 Å². The van der Waals surface area contributed by atoms with Gasteiger partial charge >= 0.3 is 0 Å². The molecule has 0 N–H and O–H groups in total. The van der Waals surface area contributed by atoms with Crippen LogP contribution in [0.2, 0.25) is 0 Å². The minimum absolute atomic E-state index is 0.0992. The summed E-state index contributed by atoms with van der Waals surface area (Å²) >= 11 is 0. The summed E-state index contributed by atoms with van der Waals surface area (Å²) in [6.07, 6.45) is 1.97. The molecule has 1 aliphatic rings. The highest BCUT2D eigenvalue weighted by Crippen LogP contribution is 2.26. The van der Waals surface area contributed by atoms with E-state index in [0.717, 1.165) is 16.9 Å². The van der Waals surface area contributed by atoms with Gasteiger partial charge < -0.3 is 9.64 Å². The van der Waals surface area contributed by atoms with Gasteiger partial charge in [0, 0.05) is 12.1 Å².